The molecule has 0 spiro atoms. The highest BCUT2D eigenvalue weighted by atomic mass is 16.4. The molecule has 0 saturated carbocycles. The Bertz CT molecular complexity index is 1420. The smallest absolute Gasteiger partial charge is 0.305 e. The van der Waals surface area contributed by atoms with Crippen LogP contribution in [0.3, 0.4) is 0 Å². The molecule has 0 saturated heterocycles. The third-order valence-electron chi connectivity index (χ3n) is 8.34. The highest BCUT2D eigenvalue weighted by Crippen LogP contribution is 2.29. The predicted octanol–water partition coefficient (Wildman–Crippen LogP) is 8.96. The van der Waals surface area contributed by atoms with Crippen molar-refractivity contribution >= 4 is 29.9 Å². The molecule has 0 fully saturated rings. The fraction of sp³-hybridized carbons (Fsp3) is 0.450. The quantitative estimate of drug-likeness (QED) is 0.0567. The molecule has 8 heteroatoms. The number of amides is 2. The number of hydrogen-bond donors (Lipinski definition) is 4. The first-order valence-electron chi connectivity index (χ1n) is 17.8. The molecular formula is C40H54N4O4. The van der Waals surface area contributed by atoms with Gasteiger partial charge in [-0.15, -0.1) is 0 Å². The average Bonchev–Trinajstić information content (AvgIpc) is 3.58. The van der Waals surface area contributed by atoms with Gasteiger partial charge in [0, 0.05) is 36.4 Å². The monoisotopic (exact) mass is 654 g/mol. The Labute approximate surface area is 286 Å². The first-order chi connectivity index (χ1) is 23.5. The third kappa shape index (κ3) is 15.4. The van der Waals surface area contributed by atoms with Gasteiger partial charge in [-0.2, -0.15) is 0 Å². The van der Waals surface area contributed by atoms with Crippen LogP contribution in [0.2, 0.25) is 0 Å². The minimum Gasteiger partial charge on any atom is -0.481 e. The average molecular weight is 655 g/mol. The highest BCUT2D eigenvalue weighted by Gasteiger charge is 2.10. The van der Waals surface area contributed by atoms with E-state index in [2.05, 4.69) is 27.5 Å². The van der Waals surface area contributed by atoms with E-state index in [0.29, 0.717) is 6.54 Å². The van der Waals surface area contributed by atoms with Gasteiger partial charge < -0.3 is 20.7 Å². The maximum absolute atomic E-state index is 12.3. The van der Waals surface area contributed by atoms with Crippen molar-refractivity contribution in [3.8, 4) is 22.5 Å². The number of H-pyrrole nitrogens is 1. The van der Waals surface area contributed by atoms with Crippen molar-refractivity contribution in [3.63, 3.8) is 0 Å². The second-order valence-corrected chi connectivity index (χ2v) is 12.4. The van der Waals surface area contributed by atoms with Gasteiger partial charge in [-0.3, -0.25) is 14.4 Å². The standard InChI is InChI=1S/C40H54N4O4/c1-2-3-4-5-6-7-8-9-10-11-12-13-14-15-29-41-36(45)26-20-32-16-22-34(23-17-32)39-40(44-31-43-39)35-24-18-33(19-25-35)21-27-37(46)42-30-28-38(47)48/h16-27,31H,2-15,28-30H2,1H3,(H,41,45)(H,42,46)(H,43,44)(H,47,48)/b26-20+,27-21?. The molecule has 4 N–H and O–H groups in total. The van der Waals surface area contributed by atoms with Gasteiger partial charge in [-0.05, 0) is 29.7 Å². The molecular weight excluding hydrogens is 600 g/mol. The van der Waals surface area contributed by atoms with Crippen molar-refractivity contribution in [2.45, 2.75) is 103 Å². The molecule has 0 radical (unpaired) electrons. The fourth-order valence-corrected chi connectivity index (χ4v) is 5.53. The van der Waals surface area contributed by atoms with Crippen LogP contribution < -0.4 is 10.6 Å². The van der Waals surface area contributed by atoms with Gasteiger partial charge in [0.2, 0.25) is 11.8 Å². The van der Waals surface area contributed by atoms with Gasteiger partial charge in [0.15, 0.2) is 0 Å². The molecule has 0 aliphatic carbocycles. The maximum atomic E-state index is 12.3. The van der Waals surface area contributed by atoms with Crippen LogP contribution in [-0.4, -0.2) is 45.9 Å². The molecule has 0 atom stereocenters. The van der Waals surface area contributed by atoms with Crippen molar-refractivity contribution in [3.05, 3.63) is 78.1 Å². The van der Waals surface area contributed by atoms with Crippen LogP contribution in [0.5, 0.6) is 0 Å². The number of hydrogen-bond acceptors (Lipinski definition) is 4. The van der Waals surface area contributed by atoms with E-state index < -0.39 is 5.97 Å². The van der Waals surface area contributed by atoms with Crippen molar-refractivity contribution in [2.24, 2.45) is 0 Å². The molecule has 0 aliphatic heterocycles. The van der Waals surface area contributed by atoms with Crippen molar-refractivity contribution < 1.29 is 19.5 Å². The summed E-state index contributed by atoms with van der Waals surface area (Å²) in [6, 6.07) is 15.6. The van der Waals surface area contributed by atoms with Crippen molar-refractivity contribution in [1.29, 1.82) is 0 Å². The van der Waals surface area contributed by atoms with E-state index in [9.17, 15) is 14.4 Å². The first kappa shape index (κ1) is 38.0. The van der Waals surface area contributed by atoms with E-state index >= 15 is 0 Å². The van der Waals surface area contributed by atoms with Gasteiger partial charge in [0.1, 0.15) is 0 Å². The summed E-state index contributed by atoms with van der Waals surface area (Å²) in [7, 11) is 0. The fourth-order valence-electron chi connectivity index (χ4n) is 5.53. The Morgan fingerprint density at radius 3 is 1.60 bits per heavy atom. The summed E-state index contributed by atoms with van der Waals surface area (Å²) in [5.74, 6) is -1.36. The van der Waals surface area contributed by atoms with E-state index in [4.69, 9.17) is 5.11 Å². The van der Waals surface area contributed by atoms with E-state index in [1.807, 2.05) is 54.6 Å². The lowest BCUT2D eigenvalue weighted by Gasteiger charge is -2.05. The van der Waals surface area contributed by atoms with Crippen LogP contribution in [0, 0.1) is 0 Å². The van der Waals surface area contributed by atoms with Gasteiger partial charge >= 0.3 is 5.97 Å². The van der Waals surface area contributed by atoms with Crippen LogP contribution in [0.25, 0.3) is 34.7 Å². The largest absolute Gasteiger partial charge is 0.481 e. The van der Waals surface area contributed by atoms with Crippen LogP contribution in [0.15, 0.2) is 67.0 Å². The minimum absolute atomic E-state index is 0.0678. The number of carbonyl (C=O) groups is 3. The van der Waals surface area contributed by atoms with Gasteiger partial charge in [-0.25, -0.2) is 4.98 Å². The molecule has 0 bridgehead atoms. The highest BCUT2D eigenvalue weighted by molar-refractivity contribution is 5.92. The summed E-state index contributed by atoms with van der Waals surface area (Å²) >= 11 is 0. The number of carbonyl (C=O) groups excluding carboxylic acids is 2. The third-order valence-corrected chi connectivity index (χ3v) is 8.34. The molecule has 1 aromatic heterocycles. The molecule has 1 heterocycles. The maximum Gasteiger partial charge on any atom is 0.305 e. The number of imidazole rings is 1. The number of aromatic amines is 1. The Kier molecular flexibility index (Phi) is 18.2. The first-order valence-corrected chi connectivity index (χ1v) is 17.8. The Balaban J connectivity index is 1.33. The van der Waals surface area contributed by atoms with E-state index in [-0.39, 0.29) is 24.8 Å². The Hall–Kier alpha value is -4.46. The van der Waals surface area contributed by atoms with Crippen LogP contribution >= 0.6 is 0 Å². The lowest BCUT2D eigenvalue weighted by Crippen LogP contribution is -2.23. The molecule has 258 valence electrons. The molecule has 3 rings (SSSR count). The van der Waals surface area contributed by atoms with Crippen molar-refractivity contribution in [2.75, 3.05) is 13.1 Å². The molecule has 0 aliphatic rings. The van der Waals surface area contributed by atoms with Crippen LogP contribution in [-0.2, 0) is 14.4 Å². The zero-order chi connectivity index (χ0) is 34.2. The summed E-state index contributed by atoms with van der Waals surface area (Å²) in [6.07, 6.45) is 26.6. The predicted molar refractivity (Wildman–Crippen MR) is 196 cm³/mol. The summed E-state index contributed by atoms with van der Waals surface area (Å²) in [5.41, 5.74) is 5.37. The van der Waals surface area contributed by atoms with Crippen LogP contribution in [0.1, 0.15) is 114 Å². The number of aromatic nitrogens is 2. The molecule has 8 nitrogen and oxygen atoms in total. The summed E-state index contributed by atoms with van der Waals surface area (Å²) < 4.78 is 0. The van der Waals surface area contributed by atoms with Crippen LogP contribution in [0.4, 0.5) is 0 Å². The normalized spacial score (nSPS) is 11.4. The second kappa shape index (κ2) is 23.0. The molecule has 48 heavy (non-hydrogen) atoms. The number of carboxylic acid groups (broad SMARTS) is 1. The SMILES string of the molecule is CCCCCCCCCCCCCCCCNC(=O)/C=C/c1ccc(-c2[nH]cnc2-c2ccc(C=CC(=O)NCCC(=O)O)cc2)cc1. The topological polar surface area (TPSA) is 124 Å². The Morgan fingerprint density at radius 1 is 0.646 bits per heavy atom. The molecule has 0 unspecified atom stereocenters. The summed E-state index contributed by atoms with van der Waals surface area (Å²) in [6.45, 7) is 3.07. The number of carboxylic acids is 1. The van der Waals surface area contributed by atoms with E-state index in [1.165, 1.54) is 83.1 Å². The Morgan fingerprint density at radius 2 is 1.10 bits per heavy atom. The van der Waals surface area contributed by atoms with Crippen molar-refractivity contribution in [1.82, 2.24) is 20.6 Å². The zero-order valence-electron chi connectivity index (χ0n) is 28.6. The van der Waals surface area contributed by atoms with Gasteiger partial charge in [-0.1, -0.05) is 139 Å². The number of benzene rings is 2. The van der Waals surface area contributed by atoms with Gasteiger partial charge in [0.25, 0.3) is 0 Å². The summed E-state index contributed by atoms with van der Waals surface area (Å²) in [4.78, 5) is 42.5. The number of rotatable bonds is 24. The molecule has 2 amide bonds. The number of aliphatic carboxylic acids is 1. The lowest BCUT2D eigenvalue weighted by atomic mass is 10.0. The van der Waals surface area contributed by atoms with Gasteiger partial charge in [0.05, 0.1) is 24.1 Å². The van der Waals surface area contributed by atoms with E-state index in [1.54, 1.807) is 18.5 Å². The zero-order valence-corrected chi connectivity index (χ0v) is 28.6. The molecule has 3 aromatic rings. The number of nitrogens with zero attached hydrogens (tertiary/aromatic N) is 1. The van der Waals surface area contributed by atoms with E-state index in [0.717, 1.165) is 46.5 Å². The molecule has 2 aromatic carbocycles. The minimum atomic E-state index is -0.953. The second-order valence-electron chi connectivity index (χ2n) is 12.4. The lowest BCUT2D eigenvalue weighted by molar-refractivity contribution is -0.136. The number of nitrogens with one attached hydrogen (secondary N) is 3. The summed E-state index contributed by atoms with van der Waals surface area (Å²) in [5, 5.41) is 14.2. The number of unbranched alkanes of at least 4 members (excludes halogenated alkanes) is 13.